The Hall–Kier alpha value is -1.91. The molecule has 26 heavy (non-hydrogen) atoms. The molecule has 1 aliphatic rings. The molecule has 9 nitrogen and oxygen atoms in total. The number of hydrogen-bond donors (Lipinski definition) is 4. The molecule has 1 aromatic rings. The third-order valence-corrected chi connectivity index (χ3v) is 4.19. The minimum absolute atomic E-state index is 0.0481. The van der Waals surface area contributed by atoms with E-state index < -0.39 is 37.3 Å². The zero-order chi connectivity index (χ0) is 19.4. The van der Waals surface area contributed by atoms with E-state index >= 15 is 0 Å². The van der Waals surface area contributed by atoms with Gasteiger partial charge in [-0.25, -0.2) is 0 Å². The molecule has 1 fully saturated rings. The quantitative estimate of drug-likeness (QED) is 0.466. The Kier molecular flexibility index (Phi) is 6.79. The summed E-state index contributed by atoms with van der Waals surface area (Å²) in [4.78, 5) is 12.0. The molecule has 9 heteroatoms. The van der Waals surface area contributed by atoms with Crippen LogP contribution in [0.15, 0.2) is 12.1 Å². The van der Waals surface area contributed by atoms with Crippen LogP contribution in [0.2, 0.25) is 0 Å². The SMILES string of the molecule is CCC(=O)c1cc(OC)c(O[C@@H]2O[C@H](CO)[C@@H](O)[C@H](O)[C@H]2O)c(OC)c1. The third kappa shape index (κ3) is 3.92. The van der Waals surface area contributed by atoms with Crippen LogP contribution in [0.3, 0.4) is 0 Å². The lowest BCUT2D eigenvalue weighted by Gasteiger charge is -2.39. The van der Waals surface area contributed by atoms with Crippen LogP contribution >= 0.6 is 0 Å². The summed E-state index contributed by atoms with van der Waals surface area (Å²) in [5.74, 6) is 0.254. The van der Waals surface area contributed by atoms with Gasteiger partial charge < -0.3 is 39.4 Å². The lowest BCUT2D eigenvalue weighted by atomic mass is 9.99. The van der Waals surface area contributed by atoms with Crippen LogP contribution in [-0.2, 0) is 4.74 Å². The largest absolute Gasteiger partial charge is 0.493 e. The highest BCUT2D eigenvalue weighted by molar-refractivity contribution is 5.97. The molecule has 0 aromatic heterocycles. The van der Waals surface area contributed by atoms with Crippen molar-refractivity contribution in [1.82, 2.24) is 0 Å². The zero-order valence-electron chi connectivity index (χ0n) is 14.8. The molecule has 1 saturated heterocycles. The smallest absolute Gasteiger partial charge is 0.229 e. The Balaban J connectivity index is 2.37. The number of hydrogen-bond acceptors (Lipinski definition) is 9. The highest BCUT2D eigenvalue weighted by atomic mass is 16.7. The summed E-state index contributed by atoms with van der Waals surface area (Å²) in [6, 6.07) is 2.93. The van der Waals surface area contributed by atoms with Gasteiger partial charge in [0.1, 0.15) is 24.4 Å². The first-order chi connectivity index (χ1) is 12.4. The molecule has 0 bridgehead atoms. The van der Waals surface area contributed by atoms with Gasteiger partial charge in [-0.1, -0.05) is 6.92 Å². The summed E-state index contributed by atoms with van der Waals surface area (Å²) in [5, 5.41) is 39.1. The molecule has 2 rings (SSSR count). The number of rotatable bonds is 7. The van der Waals surface area contributed by atoms with Crippen LogP contribution < -0.4 is 14.2 Å². The Morgan fingerprint density at radius 3 is 2.12 bits per heavy atom. The first-order valence-corrected chi connectivity index (χ1v) is 8.14. The summed E-state index contributed by atoms with van der Waals surface area (Å²) >= 11 is 0. The maximum Gasteiger partial charge on any atom is 0.229 e. The second-order valence-electron chi connectivity index (χ2n) is 5.80. The van der Waals surface area contributed by atoms with E-state index in [1.165, 1.54) is 26.4 Å². The van der Waals surface area contributed by atoms with Crippen molar-refractivity contribution in [2.45, 2.75) is 44.1 Å². The Bertz CT molecular complexity index is 606. The second kappa shape index (κ2) is 8.65. The molecule has 0 aliphatic carbocycles. The van der Waals surface area contributed by atoms with E-state index in [0.29, 0.717) is 12.0 Å². The Labute approximate surface area is 150 Å². The second-order valence-corrected chi connectivity index (χ2v) is 5.80. The number of carbonyl (C=O) groups excluding carboxylic acids is 1. The fourth-order valence-corrected chi connectivity index (χ4v) is 2.64. The van der Waals surface area contributed by atoms with Gasteiger partial charge in [0.05, 0.1) is 20.8 Å². The van der Waals surface area contributed by atoms with E-state index in [-0.39, 0.29) is 23.0 Å². The van der Waals surface area contributed by atoms with E-state index in [4.69, 9.17) is 18.9 Å². The first kappa shape index (κ1) is 20.4. The molecule has 0 spiro atoms. The number of benzene rings is 1. The van der Waals surface area contributed by atoms with Gasteiger partial charge in [-0.15, -0.1) is 0 Å². The monoisotopic (exact) mass is 372 g/mol. The topological polar surface area (TPSA) is 135 Å². The normalized spacial score (nSPS) is 28.5. The summed E-state index contributed by atoms with van der Waals surface area (Å²) < 4.78 is 21.4. The van der Waals surface area contributed by atoms with Crippen molar-refractivity contribution in [3.8, 4) is 17.2 Å². The highest BCUT2D eigenvalue weighted by Gasteiger charge is 2.45. The van der Waals surface area contributed by atoms with Crippen LogP contribution in [0.25, 0.3) is 0 Å². The molecule has 1 aliphatic heterocycles. The first-order valence-electron chi connectivity index (χ1n) is 8.14. The van der Waals surface area contributed by atoms with E-state index in [9.17, 15) is 25.2 Å². The number of carbonyl (C=O) groups is 1. The molecule has 5 atom stereocenters. The fourth-order valence-electron chi connectivity index (χ4n) is 2.64. The van der Waals surface area contributed by atoms with Crippen molar-refractivity contribution in [3.05, 3.63) is 17.7 Å². The number of aliphatic hydroxyl groups excluding tert-OH is 4. The minimum Gasteiger partial charge on any atom is -0.493 e. The van der Waals surface area contributed by atoms with Gasteiger partial charge in [0.15, 0.2) is 17.3 Å². The number of Topliss-reactive ketones (excluding diaryl/α,β-unsaturated/α-hetero) is 1. The van der Waals surface area contributed by atoms with Gasteiger partial charge in [0, 0.05) is 12.0 Å². The molecular formula is C17H24O9. The van der Waals surface area contributed by atoms with Crippen LogP contribution in [0.4, 0.5) is 0 Å². The average molecular weight is 372 g/mol. The van der Waals surface area contributed by atoms with Crippen molar-refractivity contribution in [2.24, 2.45) is 0 Å². The maximum absolute atomic E-state index is 12.0. The number of ketones is 1. The molecule has 0 radical (unpaired) electrons. The molecule has 1 heterocycles. The van der Waals surface area contributed by atoms with Gasteiger partial charge in [0.2, 0.25) is 12.0 Å². The van der Waals surface area contributed by atoms with E-state index in [1.54, 1.807) is 6.92 Å². The number of methoxy groups -OCH3 is 2. The van der Waals surface area contributed by atoms with Gasteiger partial charge >= 0.3 is 0 Å². The van der Waals surface area contributed by atoms with Gasteiger partial charge in [-0.05, 0) is 12.1 Å². The predicted molar refractivity (Wildman–Crippen MR) is 88.6 cm³/mol. The molecule has 0 amide bonds. The van der Waals surface area contributed by atoms with Crippen LogP contribution in [0.5, 0.6) is 17.2 Å². The summed E-state index contributed by atoms with van der Waals surface area (Å²) in [6.45, 7) is 1.14. The standard InChI is InChI=1S/C17H24O9/c1-4-9(19)8-5-10(23-2)16(11(6-8)24-3)26-17-15(22)14(21)13(20)12(7-18)25-17/h5-6,12-15,17-18,20-22H,4,7H2,1-3H3/t12-,13-,14+,15-,17+/m1/s1. The van der Waals surface area contributed by atoms with Gasteiger partial charge in [0.25, 0.3) is 0 Å². The Morgan fingerprint density at radius 2 is 1.65 bits per heavy atom. The van der Waals surface area contributed by atoms with E-state index in [1.807, 2.05) is 0 Å². The predicted octanol–water partition coefficient (Wildman–Crippen LogP) is -0.525. The lowest BCUT2D eigenvalue weighted by molar-refractivity contribution is -0.277. The van der Waals surface area contributed by atoms with Gasteiger partial charge in [-0.2, -0.15) is 0 Å². The number of ether oxygens (including phenoxy) is 4. The van der Waals surface area contributed by atoms with Crippen LogP contribution in [-0.4, -0.2) is 77.7 Å². The molecule has 4 N–H and O–H groups in total. The molecule has 1 aromatic carbocycles. The average Bonchev–Trinajstić information content (AvgIpc) is 2.67. The van der Waals surface area contributed by atoms with Crippen molar-refractivity contribution in [2.75, 3.05) is 20.8 Å². The summed E-state index contributed by atoms with van der Waals surface area (Å²) in [5.41, 5.74) is 0.363. The van der Waals surface area contributed by atoms with Crippen molar-refractivity contribution in [3.63, 3.8) is 0 Å². The Morgan fingerprint density at radius 1 is 1.08 bits per heavy atom. The maximum atomic E-state index is 12.0. The highest BCUT2D eigenvalue weighted by Crippen LogP contribution is 2.40. The fraction of sp³-hybridized carbons (Fsp3) is 0.588. The summed E-state index contributed by atoms with van der Waals surface area (Å²) in [7, 11) is 2.74. The number of aliphatic hydroxyl groups is 4. The molecule has 146 valence electrons. The van der Waals surface area contributed by atoms with E-state index in [0.717, 1.165) is 0 Å². The molecule has 0 saturated carbocycles. The summed E-state index contributed by atoms with van der Waals surface area (Å²) in [6.07, 6.45) is -6.89. The van der Waals surface area contributed by atoms with Crippen molar-refractivity contribution < 1.29 is 44.2 Å². The van der Waals surface area contributed by atoms with E-state index in [2.05, 4.69) is 0 Å². The van der Waals surface area contributed by atoms with Gasteiger partial charge in [-0.3, -0.25) is 4.79 Å². The minimum atomic E-state index is -1.58. The molecule has 0 unspecified atom stereocenters. The van der Waals surface area contributed by atoms with Crippen LogP contribution in [0.1, 0.15) is 23.7 Å². The third-order valence-electron chi connectivity index (χ3n) is 4.19. The van der Waals surface area contributed by atoms with Crippen molar-refractivity contribution in [1.29, 1.82) is 0 Å². The van der Waals surface area contributed by atoms with Crippen molar-refractivity contribution >= 4 is 5.78 Å². The lowest BCUT2D eigenvalue weighted by Crippen LogP contribution is -2.60. The zero-order valence-corrected chi connectivity index (χ0v) is 14.8. The molecular weight excluding hydrogens is 348 g/mol. The van der Waals surface area contributed by atoms with Crippen LogP contribution in [0, 0.1) is 0 Å².